The molecule has 0 radical (unpaired) electrons. The van der Waals surface area contributed by atoms with E-state index in [1.54, 1.807) is 0 Å². The lowest BCUT2D eigenvalue weighted by Crippen LogP contribution is -2.45. The van der Waals surface area contributed by atoms with E-state index in [-0.39, 0.29) is 0 Å². The van der Waals surface area contributed by atoms with Crippen molar-refractivity contribution in [2.75, 3.05) is 38.1 Å². The van der Waals surface area contributed by atoms with E-state index in [4.69, 9.17) is 9.51 Å². The fraction of sp³-hybridized carbons (Fsp3) is 0.368. The summed E-state index contributed by atoms with van der Waals surface area (Å²) in [5.41, 5.74) is 4.39. The van der Waals surface area contributed by atoms with Crippen molar-refractivity contribution in [2.45, 2.75) is 13.8 Å². The van der Waals surface area contributed by atoms with Crippen LogP contribution in [0.4, 0.5) is 5.95 Å². The van der Waals surface area contributed by atoms with Crippen molar-refractivity contribution in [1.29, 1.82) is 0 Å². The number of rotatable bonds is 3. The van der Waals surface area contributed by atoms with Gasteiger partial charge < -0.3 is 14.3 Å². The molecule has 134 valence electrons. The average Bonchev–Trinajstić information content (AvgIpc) is 3.09. The van der Waals surface area contributed by atoms with Crippen LogP contribution in [-0.4, -0.2) is 58.2 Å². The van der Waals surface area contributed by atoms with E-state index in [2.05, 4.69) is 32.0 Å². The van der Waals surface area contributed by atoms with E-state index < -0.39 is 0 Å². The Hall–Kier alpha value is -2.80. The molecule has 0 spiro atoms. The summed E-state index contributed by atoms with van der Waals surface area (Å²) in [5.74, 6) is 1.41. The largest absolute Gasteiger partial charge is 0.356 e. The molecule has 0 aliphatic carbocycles. The van der Waals surface area contributed by atoms with Gasteiger partial charge in [-0.1, -0.05) is 5.16 Å². The molecular weight excluding hydrogens is 328 g/mol. The molecule has 1 saturated heterocycles. The minimum Gasteiger partial charge on any atom is -0.356 e. The van der Waals surface area contributed by atoms with Gasteiger partial charge in [-0.3, -0.25) is 4.98 Å². The molecule has 4 rings (SSSR count). The normalized spacial score (nSPS) is 15.4. The molecule has 4 heterocycles. The second kappa shape index (κ2) is 6.84. The molecule has 1 aliphatic rings. The highest BCUT2D eigenvalue weighted by Gasteiger charge is 2.20. The first-order chi connectivity index (χ1) is 12.6. The summed E-state index contributed by atoms with van der Waals surface area (Å²) >= 11 is 0. The van der Waals surface area contributed by atoms with Crippen molar-refractivity contribution >= 4 is 5.95 Å². The fourth-order valence-corrected chi connectivity index (χ4v) is 3.03. The van der Waals surface area contributed by atoms with Gasteiger partial charge in [-0.2, -0.15) is 0 Å². The van der Waals surface area contributed by atoms with Crippen LogP contribution < -0.4 is 4.90 Å². The molecule has 0 aromatic carbocycles. The standard InChI is InChI=1S/C19H22N6O/c1-13-4-5-15(11-20-13)18-16(17-10-14(2)23-26-17)12-21-19(22-18)25-8-6-24(3)7-9-25/h4-5,10-12H,6-9H2,1-3H3. The number of aromatic nitrogens is 4. The highest BCUT2D eigenvalue weighted by molar-refractivity contribution is 5.78. The van der Waals surface area contributed by atoms with E-state index in [1.807, 2.05) is 44.4 Å². The third kappa shape index (κ3) is 3.30. The third-order valence-electron chi connectivity index (χ3n) is 4.64. The Morgan fingerprint density at radius 3 is 2.42 bits per heavy atom. The maximum Gasteiger partial charge on any atom is 0.225 e. The zero-order chi connectivity index (χ0) is 18.1. The summed E-state index contributed by atoms with van der Waals surface area (Å²) in [6.07, 6.45) is 3.67. The van der Waals surface area contributed by atoms with Crippen LogP contribution in [0.1, 0.15) is 11.4 Å². The van der Waals surface area contributed by atoms with Crippen LogP contribution in [0, 0.1) is 13.8 Å². The summed E-state index contributed by atoms with van der Waals surface area (Å²) in [4.78, 5) is 18.4. The van der Waals surface area contributed by atoms with Crippen molar-refractivity contribution in [2.24, 2.45) is 0 Å². The SMILES string of the molecule is Cc1ccc(-c2nc(N3CCN(C)CC3)ncc2-c2cc(C)no2)cn1. The Morgan fingerprint density at radius 2 is 1.77 bits per heavy atom. The van der Waals surface area contributed by atoms with Gasteiger partial charge in [0.25, 0.3) is 0 Å². The van der Waals surface area contributed by atoms with Gasteiger partial charge in [0, 0.05) is 55.9 Å². The summed E-state index contributed by atoms with van der Waals surface area (Å²) in [5, 5.41) is 4.00. The number of pyridine rings is 1. The first kappa shape index (κ1) is 16.7. The molecule has 0 saturated carbocycles. The first-order valence-electron chi connectivity index (χ1n) is 8.77. The van der Waals surface area contributed by atoms with Crippen LogP contribution in [0.5, 0.6) is 0 Å². The maximum absolute atomic E-state index is 5.46. The van der Waals surface area contributed by atoms with Gasteiger partial charge >= 0.3 is 0 Å². The quantitative estimate of drug-likeness (QED) is 0.719. The molecule has 26 heavy (non-hydrogen) atoms. The van der Waals surface area contributed by atoms with E-state index in [1.165, 1.54) is 0 Å². The van der Waals surface area contributed by atoms with Crippen LogP contribution in [0.2, 0.25) is 0 Å². The van der Waals surface area contributed by atoms with Crippen molar-refractivity contribution in [3.05, 3.63) is 42.0 Å². The lowest BCUT2D eigenvalue weighted by Gasteiger charge is -2.32. The Bertz CT molecular complexity index is 897. The summed E-state index contributed by atoms with van der Waals surface area (Å²) in [6.45, 7) is 7.73. The zero-order valence-electron chi connectivity index (χ0n) is 15.3. The third-order valence-corrected chi connectivity index (χ3v) is 4.64. The van der Waals surface area contributed by atoms with Crippen molar-refractivity contribution < 1.29 is 4.52 Å². The number of hydrogen-bond acceptors (Lipinski definition) is 7. The first-order valence-corrected chi connectivity index (χ1v) is 8.77. The van der Waals surface area contributed by atoms with Gasteiger partial charge in [-0.15, -0.1) is 0 Å². The predicted octanol–water partition coefficient (Wildman–Crippen LogP) is 2.56. The van der Waals surface area contributed by atoms with Crippen molar-refractivity contribution in [3.8, 4) is 22.6 Å². The fourth-order valence-electron chi connectivity index (χ4n) is 3.03. The number of anilines is 1. The molecule has 0 unspecified atom stereocenters. The van der Waals surface area contributed by atoms with Gasteiger partial charge in [0.05, 0.1) is 17.0 Å². The highest BCUT2D eigenvalue weighted by atomic mass is 16.5. The molecule has 7 nitrogen and oxygen atoms in total. The summed E-state index contributed by atoms with van der Waals surface area (Å²) in [7, 11) is 2.14. The second-order valence-corrected chi connectivity index (χ2v) is 6.74. The zero-order valence-corrected chi connectivity index (χ0v) is 15.3. The summed E-state index contributed by atoms with van der Waals surface area (Å²) in [6, 6.07) is 5.92. The predicted molar refractivity (Wildman–Crippen MR) is 99.9 cm³/mol. The monoisotopic (exact) mass is 350 g/mol. The molecule has 0 bridgehead atoms. The van der Waals surface area contributed by atoms with E-state index in [0.717, 1.165) is 60.3 Å². The topological polar surface area (TPSA) is 71.2 Å². The van der Waals surface area contributed by atoms with Crippen LogP contribution in [0.3, 0.4) is 0 Å². The molecule has 0 amide bonds. The Kier molecular flexibility index (Phi) is 4.38. The highest BCUT2D eigenvalue weighted by Crippen LogP contribution is 2.31. The van der Waals surface area contributed by atoms with Gasteiger partial charge in [0.2, 0.25) is 5.95 Å². The van der Waals surface area contributed by atoms with Gasteiger partial charge in [0.1, 0.15) is 0 Å². The minimum atomic E-state index is 0.669. The molecule has 3 aromatic rings. The molecule has 0 atom stereocenters. The number of piperazine rings is 1. The average molecular weight is 350 g/mol. The number of likely N-dealkylation sites (N-methyl/N-ethyl adjacent to an activating group) is 1. The van der Waals surface area contributed by atoms with Crippen LogP contribution in [0.15, 0.2) is 35.1 Å². The number of nitrogens with zero attached hydrogens (tertiary/aromatic N) is 6. The lowest BCUT2D eigenvalue weighted by atomic mass is 10.1. The van der Waals surface area contributed by atoms with Crippen LogP contribution in [0.25, 0.3) is 22.6 Å². The summed E-state index contributed by atoms with van der Waals surface area (Å²) < 4.78 is 5.46. The lowest BCUT2D eigenvalue weighted by molar-refractivity contribution is 0.311. The molecule has 7 heteroatoms. The molecule has 1 aliphatic heterocycles. The maximum atomic E-state index is 5.46. The number of hydrogen-bond donors (Lipinski definition) is 0. The number of aryl methyl sites for hydroxylation is 2. The minimum absolute atomic E-state index is 0.669. The molecule has 3 aromatic heterocycles. The smallest absolute Gasteiger partial charge is 0.225 e. The van der Waals surface area contributed by atoms with E-state index >= 15 is 0 Å². The van der Waals surface area contributed by atoms with Crippen LogP contribution in [-0.2, 0) is 0 Å². The van der Waals surface area contributed by atoms with Crippen molar-refractivity contribution in [1.82, 2.24) is 25.0 Å². The van der Waals surface area contributed by atoms with E-state index in [9.17, 15) is 0 Å². The van der Waals surface area contributed by atoms with Gasteiger partial charge in [-0.25, -0.2) is 9.97 Å². The molecule has 1 fully saturated rings. The second-order valence-electron chi connectivity index (χ2n) is 6.74. The molecule has 0 N–H and O–H groups in total. The van der Waals surface area contributed by atoms with Gasteiger partial charge in [0.15, 0.2) is 5.76 Å². The van der Waals surface area contributed by atoms with E-state index in [0.29, 0.717) is 5.76 Å². The van der Waals surface area contributed by atoms with Crippen molar-refractivity contribution in [3.63, 3.8) is 0 Å². The Balaban J connectivity index is 1.78. The molecular formula is C19H22N6O. The Morgan fingerprint density at radius 1 is 0.962 bits per heavy atom. The van der Waals surface area contributed by atoms with Crippen LogP contribution >= 0.6 is 0 Å². The Labute approximate surface area is 152 Å². The van der Waals surface area contributed by atoms with Gasteiger partial charge in [-0.05, 0) is 33.0 Å².